The molecule has 2 rings (SSSR count). The SMILES string of the molecule is Cc1cc(C#N)ccc1CN(C)C1CCC(C)CC1. The first-order valence-electron chi connectivity index (χ1n) is 7.30. The zero-order chi connectivity index (χ0) is 13.8. The Labute approximate surface area is 117 Å². The first kappa shape index (κ1) is 14.1. The summed E-state index contributed by atoms with van der Waals surface area (Å²) >= 11 is 0. The Balaban J connectivity index is 1.99. The monoisotopic (exact) mass is 256 g/mol. The molecule has 0 aromatic heterocycles. The van der Waals surface area contributed by atoms with Crippen LogP contribution >= 0.6 is 0 Å². The van der Waals surface area contributed by atoms with Gasteiger partial charge >= 0.3 is 0 Å². The second-order valence-electron chi connectivity index (χ2n) is 6.08. The van der Waals surface area contributed by atoms with Crippen LogP contribution < -0.4 is 0 Å². The van der Waals surface area contributed by atoms with Crippen molar-refractivity contribution in [2.75, 3.05) is 7.05 Å². The van der Waals surface area contributed by atoms with Crippen LogP contribution in [0.2, 0.25) is 0 Å². The normalized spacial score (nSPS) is 23.3. The summed E-state index contributed by atoms with van der Waals surface area (Å²) in [5.74, 6) is 0.904. The summed E-state index contributed by atoms with van der Waals surface area (Å²) in [5, 5.41) is 8.90. The summed E-state index contributed by atoms with van der Waals surface area (Å²) in [4.78, 5) is 2.49. The predicted molar refractivity (Wildman–Crippen MR) is 78.8 cm³/mol. The molecule has 19 heavy (non-hydrogen) atoms. The smallest absolute Gasteiger partial charge is 0.0991 e. The molecule has 0 saturated heterocycles. The second-order valence-corrected chi connectivity index (χ2v) is 6.08. The summed E-state index contributed by atoms with van der Waals surface area (Å²) in [7, 11) is 2.23. The number of hydrogen-bond acceptors (Lipinski definition) is 2. The van der Waals surface area contributed by atoms with E-state index < -0.39 is 0 Å². The Morgan fingerprint density at radius 2 is 1.95 bits per heavy atom. The molecule has 0 spiro atoms. The Morgan fingerprint density at radius 1 is 1.26 bits per heavy atom. The van der Waals surface area contributed by atoms with Crippen molar-refractivity contribution in [3.8, 4) is 6.07 Å². The molecule has 0 bridgehead atoms. The number of benzene rings is 1. The summed E-state index contributed by atoms with van der Waals surface area (Å²) in [6, 6.07) is 8.96. The molecule has 0 aliphatic heterocycles. The van der Waals surface area contributed by atoms with Gasteiger partial charge in [0.05, 0.1) is 11.6 Å². The van der Waals surface area contributed by atoms with E-state index in [9.17, 15) is 0 Å². The van der Waals surface area contributed by atoms with Gasteiger partial charge in [0.15, 0.2) is 0 Å². The van der Waals surface area contributed by atoms with Crippen LogP contribution in [-0.2, 0) is 6.54 Å². The number of hydrogen-bond donors (Lipinski definition) is 0. The fourth-order valence-electron chi connectivity index (χ4n) is 3.02. The fraction of sp³-hybridized carbons (Fsp3) is 0.588. The van der Waals surface area contributed by atoms with Gasteiger partial charge in [0.25, 0.3) is 0 Å². The van der Waals surface area contributed by atoms with E-state index in [0.29, 0.717) is 0 Å². The van der Waals surface area contributed by atoms with Gasteiger partial charge in [-0.2, -0.15) is 5.26 Å². The summed E-state index contributed by atoms with van der Waals surface area (Å²) < 4.78 is 0. The molecule has 1 aromatic rings. The van der Waals surface area contributed by atoms with Gasteiger partial charge in [-0.3, -0.25) is 4.90 Å². The maximum atomic E-state index is 8.90. The number of nitrogens with zero attached hydrogens (tertiary/aromatic N) is 2. The lowest BCUT2D eigenvalue weighted by Gasteiger charge is -2.34. The van der Waals surface area contributed by atoms with Gasteiger partial charge in [0, 0.05) is 12.6 Å². The van der Waals surface area contributed by atoms with Crippen molar-refractivity contribution in [1.82, 2.24) is 4.90 Å². The lowest BCUT2D eigenvalue weighted by molar-refractivity contribution is 0.163. The molecule has 2 heteroatoms. The van der Waals surface area contributed by atoms with Gasteiger partial charge in [-0.1, -0.05) is 13.0 Å². The lowest BCUT2D eigenvalue weighted by Crippen LogP contribution is -2.34. The molecular weight excluding hydrogens is 232 g/mol. The van der Waals surface area contributed by atoms with Gasteiger partial charge in [0.1, 0.15) is 0 Å². The zero-order valence-electron chi connectivity index (χ0n) is 12.3. The minimum absolute atomic E-state index is 0.728. The molecule has 1 aliphatic carbocycles. The van der Waals surface area contributed by atoms with Crippen LogP contribution in [0.25, 0.3) is 0 Å². The topological polar surface area (TPSA) is 27.0 Å². The van der Waals surface area contributed by atoms with E-state index in [-0.39, 0.29) is 0 Å². The van der Waals surface area contributed by atoms with Crippen LogP contribution in [0.1, 0.15) is 49.3 Å². The quantitative estimate of drug-likeness (QED) is 0.820. The average molecular weight is 256 g/mol. The first-order chi connectivity index (χ1) is 9.10. The lowest BCUT2D eigenvalue weighted by atomic mass is 9.86. The van der Waals surface area contributed by atoms with Crippen LogP contribution in [-0.4, -0.2) is 18.0 Å². The van der Waals surface area contributed by atoms with Crippen molar-refractivity contribution < 1.29 is 0 Å². The average Bonchev–Trinajstić information content (AvgIpc) is 2.41. The summed E-state index contributed by atoms with van der Waals surface area (Å²) in [6.45, 7) is 5.46. The summed E-state index contributed by atoms with van der Waals surface area (Å²) in [5.41, 5.74) is 3.34. The molecule has 1 aromatic carbocycles. The fourth-order valence-corrected chi connectivity index (χ4v) is 3.02. The predicted octanol–water partition coefficient (Wildman–Crippen LogP) is 3.88. The molecule has 102 valence electrons. The van der Waals surface area contributed by atoms with Crippen molar-refractivity contribution in [2.24, 2.45) is 5.92 Å². The van der Waals surface area contributed by atoms with E-state index in [4.69, 9.17) is 5.26 Å². The molecule has 2 nitrogen and oxygen atoms in total. The largest absolute Gasteiger partial charge is 0.299 e. The minimum Gasteiger partial charge on any atom is -0.299 e. The van der Waals surface area contributed by atoms with Crippen LogP contribution in [0.4, 0.5) is 0 Å². The Bertz CT molecular complexity index is 465. The molecule has 1 saturated carbocycles. The van der Waals surface area contributed by atoms with Gasteiger partial charge in [-0.05, 0) is 68.8 Å². The van der Waals surface area contributed by atoms with Crippen LogP contribution in [0.3, 0.4) is 0 Å². The second kappa shape index (κ2) is 6.21. The van der Waals surface area contributed by atoms with E-state index in [1.54, 1.807) is 0 Å². The molecule has 0 N–H and O–H groups in total. The van der Waals surface area contributed by atoms with Gasteiger partial charge in [-0.15, -0.1) is 0 Å². The van der Waals surface area contributed by atoms with Gasteiger partial charge in [0.2, 0.25) is 0 Å². The van der Waals surface area contributed by atoms with Crippen molar-refractivity contribution in [3.05, 3.63) is 34.9 Å². The third kappa shape index (κ3) is 3.58. The molecule has 0 amide bonds. The number of aryl methyl sites for hydroxylation is 1. The van der Waals surface area contributed by atoms with Crippen molar-refractivity contribution >= 4 is 0 Å². The summed E-state index contributed by atoms with van der Waals surface area (Å²) in [6.07, 6.45) is 5.38. The Morgan fingerprint density at radius 3 is 2.53 bits per heavy atom. The third-order valence-corrected chi connectivity index (χ3v) is 4.50. The van der Waals surface area contributed by atoms with Gasteiger partial charge < -0.3 is 0 Å². The van der Waals surface area contributed by atoms with Crippen molar-refractivity contribution in [3.63, 3.8) is 0 Å². The van der Waals surface area contributed by atoms with E-state index in [0.717, 1.165) is 24.1 Å². The molecule has 0 heterocycles. The maximum Gasteiger partial charge on any atom is 0.0991 e. The minimum atomic E-state index is 0.728. The van der Waals surface area contributed by atoms with E-state index in [1.165, 1.54) is 36.8 Å². The van der Waals surface area contributed by atoms with E-state index >= 15 is 0 Å². The molecule has 0 unspecified atom stereocenters. The highest BCUT2D eigenvalue weighted by Crippen LogP contribution is 2.27. The van der Waals surface area contributed by atoms with Crippen molar-refractivity contribution in [2.45, 2.75) is 52.1 Å². The Kier molecular flexibility index (Phi) is 4.61. The van der Waals surface area contributed by atoms with E-state index in [2.05, 4.69) is 37.9 Å². The van der Waals surface area contributed by atoms with Crippen LogP contribution in [0.5, 0.6) is 0 Å². The zero-order valence-corrected chi connectivity index (χ0v) is 12.3. The van der Waals surface area contributed by atoms with Gasteiger partial charge in [-0.25, -0.2) is 0 Å². The molecule has 1 fully saturated rings. The Hall–Kier alpha value is -1.33. The van der Waals surface area contributed by atoms with Crippen LogP contribution in [0, 0.1) is 24.2 Å². The maximum absolute atomic E-state index is 8.90. The van der Waals surface area contributed by atoms with Crippen molar-refractivity contribution in [1.29, 1.82) is 5.26 Å². The third-order valence-electron chi connectivity index (χ3n) is 4.50. The number of rotatable bonds is 3. The molecule has 0 radical (unpaired) electrons. The number of nitriles is 1. The van der Waals surface area contributed by atoms with Crippen LogP contribution in [0.15, 0.2) is 18.2 Å². The standard InChI is InChI=1S/C17H24N2/c1-13-4-8-17(9-5-13)19(3)12-16-7-6-15(11-18)10-14(16)2/h6-7,10,13,17H,4-5,8-9,12H2,1-3H3. The molecule has 1 aliphatic rings. The molecular formula is C17H24N2. The highest BCUT2D eigenvalue weighted by Gasteiger charge is 2.21. The highest BCUT2D eigenvalue weighted by molar-refractivity contribution is 5.37. The highest BCUT2D eigenvalue weighted by atomic mass is 15.1. The molecule has 0 atom stereocenters. The van der Waals surface area contributed by atoms with E-state index in [1.807, 2.05) is 12.1 Å². The first-order valence-corrected chi connectivity index (χ1v) is 7.30.